The van der Waals surface area contributed by atoms with Gasteiger partial charge in [0.15, 0.2) is 5.96 Å². The highest BCUT2D eigenvalue weighted by atomic mass is 16.5. The molecular weight excluding hydrogens is 386 g/mol. The van der Waals surface area contributed by atoms with Crippen LogP contribution in [0.25, 0.3) is 0 Å². The zero-order valence-corrected chi connectivity index (χ0v) is 19.8. The minimum atomic E-state index is 0.428. The first-order chi connectivity index (χ1) is 15.3. The zero-order chi connectivity index (χ0) is 21.7. The average molecular weight is 430 g/mol. The maximum atomic E-state index is 5.78. The molecule has 0 radical (unpaired) electrons. The summed E-state index contributed by atoms with van der Waals surface area (Å²) in [5.41, 5.74) is 1.42. The second kappa shape index (κ2) is 13.7. The maximum Gasteiger partial charge on any atom is 0.193 e. The van der Waals surface area contributed by atoms with Gasteiger partial charge in [0, 0.05) is 65.5 Å². The van der Waals surface area contributed by atoms with Crippen LogP contribution in [-0.4, -0.2) is 92.3 Å². The Morgan fingerprint density at radius 2 is 1.68 bits per heavy atom. The highest BCUT2D eigenvalue weighted by molar-refractivity contribution is 5.80. The lowest BCUT2D eigenvalue weighted by Gasteiger charge is -2.35. The Morgan fingerprint density at radius 3 is 2.35 bits per heavy atom. The average Bonchev–Trinajstić information content (AvgIpc) is 2.81. The number of guanidine groups is 1. The number of nitrogens with zero attached hydrogens (tertiary/aromatic N) is 4. The molecule has 2 aliphatic heterocycles. The predicted molar refractivity (Wildman–Crippen MR) is 130 cm³/mol. The van der Waals surface area contributed by atoms with Crippen LogP contribution in [-0.2, 0) is 11.3 Å². The lowest BCUT2D eigenvalue weighted by atomic mass is 10.1. The SMILES string of the molecule is CCNC(=NCCCCN1CCN(Cc2ccccc2)CC1)N1CCC(OCC)CC1. The molecule has 31 heavy (non-hydrogen) atoms. The summed E-state index contributed by atoms with van der Waals surface area (Å²) in [5, 5.41) is 3.48. The van der Waals surface area contributed by atoms with Crippen molar-refractivity contribution < 1.29 is 4.74 Å². The van der Waals surface area contributed by atoms with E-state index in [4.69, 9.17) is 9.73 Å². The van der Waals surface area contributed by atoms with Gasteiger partial charge in [-0.3, -0.25) is 9.89 Å². The Hall–Kier alpha value is -1.63. The number of ether oxygens (including phenoxy) is 1. The van der Waals surface area contributed by atoms with E-state index in [9.17, 15) is 0 Å². The van der Waals surface area contributed by atoms with Crippen molar-refractivity contribution in [3.05, 3.63) is 35.9 Å². The highest BCUT2D eigenvalue weighted by Gasteiger charge is 2.21. The number of aliphatic imine (C=N–C) groups is 1. The quantitative estimate of drug-likeness (QED) is 0.352. The van der Waals surface area contributed by atoms with Crippen LogP contribution in [0.1, 0.15) is 45.1 Å². The molecule has 0 atom stereocenters. The largest absolute Gasteiger partial charge is 0.378 e. The van der Waals surface area contributed by atoms with Gasteiger partial charge >= 0.3 is 0 Å². The van der Waals surface area contributed by atoms with E-state index in [2.05, 4.69) is 64.2 Å². The fraction of sp³-hybridized carbons (Fsp3) is 0.720. The minimum absolute atomic E-state index is 0.428. The smallest absolute Gasteiger partial charge is 0.193 e. The van der Waals surface area contributed by atoms with Crippen LogP contribution in [0.4, 0.5) is 0 Å². The van der Waals surface area contributed by atoms with Crippen LogP contribution in [0, 0.1) is 0 Å². The molecule has 2 fully saturated rings. The zero-order valence-electron chi connectivity index (χ0n) is 19.8. The van der Waals surface area contributed by atoms with Gasteiger partial charge in [0.1, 0.15) is 0 Å². The Bertz CT molecular complexity index is 622. The number of nitrogens with one attached hydrogen (secondary N) is 1. The van der Waals surface area contributed by atoms with Gasteiger partial charge in [-0.05, 0) is 51.6 Å². The summed E-state index contributed by atoms with van der Waals surface area (Å²) in [6, 6.07) is 10.8. The van der Waals surface area contributed by atoms with Crippen LogP contribution in [0.5, 0.6) is 0 Å². The Kier molecular flexibility index (Phi) is 10.6. The third kappa shape index (κ3) is 8.43. The van der Waals surface area contributed by atoms with Gasteiger partial charge in [-0.1, -0.05) is 30.3 Å². The standard InChI is InChI=1S/C25H43N5O/c1-3-26-25(30-16-12-24(13-17-30)31-4-2)27-14-8-9-15-28-18-20-29(21-19-28)22-23-10-6-5-7-11-23/h5-7,10-11,24H,3-4,8-9,12-22H2,1-2H3,(H,26,27). The fourth-order valence-electron chi connectivity index (χ4n) is 4.54. The van der Waals surface area contributed by atoms with Crippen molar-refractivity contribution >= 4 is 5.96 Å². The van der Waals surface area contributed by atoms with Crippen molar-refractivity contribution in [2.45, 2.75) is 52.2 Å². The molecule has 2 heterocycles. The fourth-order valence-corrected chi connectivity index (χ4v) is 4.54. The molecule has 6 nitrogen and oxygen atoms in total. The highest BCUT2D eigenvalue weighted by Crippen LogP contribution is 2.14. The topological polar surface area (TPSA) is 43.3 Å². The molecule has 1 aromatic rings. The molecule has 0 saturated carbocycles. The Balaban J connectivity index is 1.30. The number of likely N-dealkylation sites (tertiary alicyclic amines) is 1. The summed E-state index contributed by atoms with van der Waals surface area (Å²) >= 11 is 0. The molecule has 0 aliphatic carbocycles. The molecule has 1 N–H and O–H groups in total. The van der Waals surface area contributed by atoms with Crippen molar-refractivity contribution in [2.75, 3.05) is 65.5 Å². The van der Waals surface area contributed by atoms with Crippen molar-refractivity contribution in [3.63, 3.8) is 0 Å². The maximum absolute atomic E-state index is 5.78. The summed E-state index contributed by atoms with van der Waals surface area (Å²) in [5.74, 6) is 1.09. The van der Waals surface area contributed by atoms with Crippen LogP contribution in [0.2, 0.25) is 0 Å². The molecule has 0 amide bonds. The number of unbranched alkanes of at least 4 members (excludes halogenated alkanes) is 1. The van der Waals surface area contributed by atoms with Gasteiger partial charge in [0.2, 0.25) is 0 Å². The lowest BCUT2D eigenvalue weighted by Crippen LogP contribution is -2.47. The second-order valence-electron chi connectivity index (χ2n) is 8.69. The summed E-state index contributed by atoms with van der Waals surface area (Å²) < 4.78 is 5.78. The summed E-state index contributed by atoms with van der Waals surface area (Å²) in [7, 11) is 0. The second-order valence-corrected chi connectivity index (χ2v) is 8.69. The van der Waals surface area contributed by atoms with Gasteiger partial charge in [-0.25, -0.2) is 0 Å². The number of piperazine rings is 1. The first-order valence-electron chi connectivity index (χ1n) is 12.4. The van der Waals surface area contributed by atoms with E-state index < -0.39 is 0 Å². The summed E-state index contributed by atoms with van der Waals surface area (Å²) in [6.45, 7) is 16.0. The minimum Gasteiger partial charge on any atom is -0.378 e. The van der Waals surface area contributed by atoms with E-state index in [-0.39, 0.29) is 0 Å². The van der Waals surface area contributed by atoms with E-state index >= 15 is 0 Å². The van der Waals surface area contributed by atoms with Crippen LogP contribution >= 0.6 is 0 Å². The molecule has 174 valence electrons. The van der Waals surface area contributed by atoms with E-state index in [1.165, 1.54) is 44.7 Å². The molecule has 0 spiro atoms. The van der Waals surface area contributed by atoms with Gasteiger partial charge in [-0.15, -0.1) is 0 Å². The number of hydrogen-bond donors (Lipinski definition) is 1. The lowest BCUT2D eigenvalue weighted by molar-refractivity contribution is 0.0264. The monoisotopic (exact) mass is 429 g/mol. The molecule has 1 aromatic carbocycles. The summed E-state index contributed by atoms with van der Waals surface area (Å²) in [6.07, 6.45) is 5.03. The van der Waals surface area contributed by atoms with Gasteiger partial charge < -0.3 is 19.9 Å². The van der Waals surface area contributed by atoms with Gasteiger partial charge in [-0.2, -0.15) is 0 Å². The molecule has 6 heteroatoms. The molecule has 2 aliphatic rings. The van der Waals surface area contributed by atoms with E-state index in [1.54, 1.807) is 0 Å². The van der Waals surface area contributed by atoms with E-state index in [0.717, 1.165) is 64.6 Å². The van der Waals surface area contributed by atoms with Crippen molar-refractivity contribution in [2.24, 2.45) is 4.99 Å². The number of benzene rings is 1. The summed E-state index contributed by atoms with van der Waals surface area (Å²) in [4.78, 5) is 12.5. The number of rotatable bonds is 10. The molecule has 0 bridgehead atoms. The Labute approximate surface area is 189 Å². The van der Waals surface area contributed by atoms with E-state index in [1.807, 2.05) is 0 Å². The molecule has 0 aromatic heterocycles. The predicted octanol–water partition coefficient (Wildman–Crippen LogP) is 3.05. The molecule has 0 unspecified atom stereocenters. The van der Waals surface area contributed by atoms with Crippen molar-refractivity contribution in [3.8, 4) is 0 Å². The normalized spacial score (nSPS) is 19.7. The van der Waals surface area contributed by atoms with Gasteiger partial charge in [0.05, 0.1) is 6.10 Å². The van der Waals surface area contributed by atoms with Crippen molar-refractivity contribution in [1.29, 1.82) is 0 Å². The molecule has 3 rings (SSSR count). The third-order valence-corrected chi connectivity index (χ3v) is 6.34. The van der Waals surface area contributed by atoms with Crippen molar-refractivity contribution in [1.82, 2.24) is 20.0 Å². The molecule has 2 saturated heterocycles. The molecular formula is C25H43N5O. The number of piperidine rings is 1. The van der Waals surface area contributed by atoms with E-state index in [0.29, 0.717) is 6.10 Å². The van der Waals surface area contributed by atoms with Crippen LogP contribution < -0.4 is 5.32 Å². The van der Waals surface area contributed by atoms with Crippen LogP contribution in [0.15, 0.2) is 35.3 Å². The first-order valence-corrected chi connectivity index (χ1v) is 12.4. The third-order valence-electron chi connectivity index (χ3n) is 6.34. The van der Waals surface area contributed by atoms with Gasteiger partial charge in [0.25, 0.3) is 0 Å². The first kappa shape index (κ1) is 24.0. The Morgan fingerprint density at radius 1 is 0.968 bits per heavy atom. The van der Waals surface area contributed by atoms with Crippen LogP contribution in [0.3, 0.4) is 0 Å². The number of hydrogen-bond acceptors (Lipinski definition) is 4.